The number of halogens is 1. The molecule has 1 aromatic carbocycles. The van der Waals surface area contributed by atoms with E-state index >= 15 is 0 Å². The highest BCUT2D eigenvalue weighted by Gasteiger charge is 2.23. The third-order valence-corrected chi connectivity index (χ3v) is 5.68. The van der Waals surface area contributed by atoms with E-state index in [4.69, 9.17) is 21.1 Å². The predicted octanol–water partition coefficient (Wildman–Crippen LogP) is 3.30. The van der Waals surface area contributed by atoms with Gasteiger partial charge in [0.15, 0.2) is 0 Å². The lowest BCUT2D eigenvalue weighted by atomic mass is 10.0. The molecule has 2 fully saturated rings. The number of likely N-dealkylation sites (tertiary alicyclic amines) is 1. The zero-order valence-electron chi connectivity index (χ0n) is 16.4. The van der Waals surface area contributed by atoms with E-state index in [0.29, 0.717) is 29.7 Å². The number of amides is 1. The van der Waals surface area contributed by atoms with Crippen molar-refractivity contribution >= 4 is 17.5 Å². The fraction of sp³-hybridized carbons (Fsp3) is 0.455. The van der Waals surface area contributed by atoms with Crippen LogP contribution in [0, 0.1) is 0 Å². The molecule has 3 heterocycles. The van der Waals surface area contributed by atoms with Gasteiger partial charge < -0.3 is 14.8 Å². The highest BCUT2D eigenvalue weighted by Crippen LogP contribution is 2.25. The number of carbonyl (C=O) groups excluding carboxylic acids is 1. The summed E-state index contributed by atoms with van der Waals surface area (Å²) < 4.78 is 11.0. The number of nitrogens with zero attached hydrogens (tertiary/aromatic N) is 2. The summed E-state index contributed by atoms with van der Waals surface area (Å²) in [6, 6.07) is 12.3. The van der Waals surface area contributed by atoms with Gasteiger partial charge in [-0.05, 0) is 24.5 Å². The molecule has 2 aliphatic rings. The molecule has 2 aliphatic heterocycles. The molecule has 1 atom stereocenters. The van der Waals surface area contributed by atoms with Crippen molar-refractivity contribution in [3.05, 3.63) is 58.7 Å². The zero-order valence-corrected chi connectivity index (χ0v) is 17.1. The van der Waals surface area contributed by atoms with Crippen LogP contribution in [-0.2, 0) is 11.3 Å². The Morgan fingerprint density at radius 1 is 1.24 bits per heavy atom. The van der Waals surface area contributed by atoms with E-state index in [2.05, 4.69) is 39.5 Å². The van der Waals surface area contributed by atoms with Gasteiger partial charge in [0.2, 0.25) is 5.88 Å². The van der Waals surface area contributed by atoms with E-state index in [1.54, 1.807) is 6.07 Å². The van der Waals surface area contributed by atoms with E-state index in [1.807, 2.05) is 6.07 Å². The normalized spacial score (nSPS) is 20.5. The lowest BCUT2D eigenvalue weighted by Crippen LogP contribution is -2.44. The number of pyridine rings is 1. The van der Waals surface area contributed by atoms with E-state index < -0.39 is 0 Å². The molecule has 2 saturated heterocycles. The van der Waals surface area contributed by atoms with Crippen LogP contribution in [0.25, 0.3) is 0 Å². The molecule has 1 N–H and O–H groups in total. The molecule has 0 radical (unpaired) electrons. The molecule has 29 heavy (non-hydrogen) atoms. The molecule has 6 nitrogen and oxygen atoms in total. The van der Waals surface area contributed by atoms with Crippen molar-refractivity contribution in [3.63, 3.8) is 0 Å². The summed E-state index contributed by atoms with van der Waals surface area (Å²) in [6.45, 7) is 4.12. The molecule has 1 unspecified atom stereocenters. The van der Waals surface area contributed by atoms with Gasteiger partial charge in [0, 0.05) is 38.3 Å². The molecule has 0 spiro atoms. The Morgan fingerprint density at radius 2 is 2.03 bits per heavy atom. The largest absolute Gasteiger partial charge is 0.471 e. The van der Waals surface area contributed by atoms with E-state index in [0.717, 1.165) is 38.9 Å². The van der Waals surface area contributed by atoms with Gasteiger partial charge in [-0.1, -0.05) is 41.9 Å². The number of rotatable bonds is 6. The van der Waals surface area contributed by atoms with Crippen molar-refractivity contribution in [3.8, 4) is 5.88 Å². The second kappa shape index (κ2) is 9.57. The monoisotopic (exact) mass is 415 g/mol. The average Bonchev–Trinajstić information content (AvgIpc) is 3.25. The molecule has 154 valence electrons. The first kappa shape index (κ1) is 20.1. The first-order valence-corrected chi connectivity index (χ1v) is 10.5. The first-order valence-electron chi connectivity index (χ1n) is 10.1. The Bertz CT molecular complexity index is 819. The molecular formula is C22H26ClN3O3. The van der Waals surface area contributed by atoms with Crippen LogP contribution in [0.3, 0.4) is 0 Å². The van der Waals surface area contributed by atoms with E-state index in [9.17, 15) is 4.79 Å². The molecule has 1 amide bonds. The Morgan fingerprint density at radius 3 is 2.72 bits per heavy atom. The Balaban J connectivity index is 1.26. The summed E-state index contributed by atoms with van der Waals surface area (Å²) in [5.41, 5.74) is 1.78. The number of hydrogen-bond acceptors (Lipinski definition) is 5. The molecule has 1 aromatic heterocycles. The number of piperidine rings is 1. The van der Waals surface area contributed by atoms with Gasteiger partial charge in [-0.25, -0.2) is 4.98 Å². The number of aromatic nitrogens is 1. The number of ether oxygens (including phenoxy) is 2. The van der Waals surface area contributed by atoms with Crippen LogP contribution in [0.15, 0.2) is 42.6 Å². The molecular weight excluding hydrogens is 390 g/mol. The quantitative estimate of drug-likeness (QED) is 0.784. The maximum Gasteiger partial charge on any atom is 0.253 e. The first-order chi connectivity index (χ1) is 14.2. The molecule has 0 aliphatic carbocycles. The summed E-state index contributed by atoms with van der Waals surface area (Å²) >= 11 is 6.28. The summed E-state index contributed by atoms with van der Waals surface area (Å²) in [7, 11) is 0. The minimum atomic E-state index is -0.142. The second-order valence-corrected chi connectivity index (χ2v) is 8.03. The highest BCUT2D eigenvalue weighted by atomic mass is 35.5. The molecule has 2 aromatic rings. The van der Waals surface area contributed by atoms with Gasteiger partial charge in [-0.2, -0.15) is 0 Å². The minimum absolute atomic E-state index is 0.0271. The third-order valence-electron chi connectivity index (χ3n) is 5.41. The van der Waals surface area contributed by atoms with E-state index in [-0.39, 0.29) is 18.1 Å². The van der Waals surface area contributed by atoms with Gasteiger partial charge in [0.25, 0.3) is 5.91 Å². The predicted molar refractivity (Wildman–Crippen MR) is 111 cm³/mol. The molecule has 0 bridgehead atoms. The van der Waals surface area contributed by atoms with Gasteiger partial charge in [0.1, 0.15) is 11.1 Å². The van der Waals surface area contributed by atoms with Crippen molar-refractivity contribution in [2.75, 3.05) is 26.3 Å². The van der Waals surface area contributed by atoms with Gasteiger partial charge in [-0.3, -0.25) is 9.69 Å². The van der Waals surface area contributed by atoms with E-state index in [1.165, 1.54) is 11.8 Å². The van der Waals surface area contributed by atoms with Gasteiger partial charge in [0.05, 0.1) is 18.8 Å². The number of carbonyl (C=O) groups is 1. The summed E-state index contributed by atoms with van der Waals surface area (Å²) in [6.07, 6.45) is 4.19. The molecule has 4 rings (SSSR count). The number of nitrogens with one attached hydrogen (secondary N) is 1. The average molecular weight is 416 g/mol. The fourth-order valence-corrected chi connectivity index (χ4v) is 3.96. The second-order valence-electron chi connectivity index (χ2n) is 7.62. The Hall–Kier alpha value is -2.15. The number of hydrogen-bond donors (Lipinski definition) is 1. The Labute approximate surface area is 176 Å². The van der Waals surface area contributed by atoms with Crippen LogP contribution < -0.4 is 10.1 Å². The topological polar surface area (TPSA) is 63.7 Å². The highest BCUT2D eigenvalue weighted by molar-refractivity contribution is 6.32. The van der Waals surface area contributed by atoms with Crippen molar-refractivity contribution in [2.45, 2.75) is 38.0 Å². The van der Waals surface area contributed by atoms with Crippen molar-refractivity contribution in [1.82, 2.24) is 15.2 Å². The third kappa shape index (κ3) is 5.47. The smallest absolute Gasteiger partial charge is 0.253 e. The molecule has 7 heteroatoms. The summed E-state index contributed by atoms with van der Waals surface area (Å²) in [5, 5.41) is 3.46. The van der Waals surface area contributed by atoms with Gasteiger partial charge in [-0.15, -0.1) is 0 Å². The van der Waals surface area contributed by atoms with Crippen LogP contribution in [0.2, 0.25) is 5.02 Å². The maximum atomic E-state index is 12.6. The Kier molecular flexibility index (Phi) is 6.64. The fourth-order valence-electron chi connectivity index (χ4n) is 3.75. The lowest BCUT2D eigenvalue weighted by molar-refractivity contribution is 0.0908. The van der Waals surface area contributed by atoms with Gasteiger partial charge >= 0.3 is 0 Å². The van der Waals surface area contributed by atoms with Crippen LogP contribution in [0.4, 0.5) is 0 Å². The molecule has 0 saturated carbocycles. The zero-order chi connectivity index (χ0) is 20.1. The van der Waals surface area contributed by atoms with Crippen molar-refractivity contribution < 1.29 is 14.3 Å². The summed E-state index contributed by atoms with van der Waals surface area (Å²) in [5.74, 6) is 0.213. The number of benzene rings is 1. The SMILES string of the molecule is O=C(NC1CCN(Cc2ccccc2)CC1)c1cnc(OC2CCOC2)c(Cl)c1. The minimum Gasteiger partial charge on any atom is -0.471 e. The van der Waals surface area contributed by atoms with Crippen LogP contribution in [-0.4, -0.2) is 54.2 Å². The lowest BCUT2D eigenvalue weighted by Gasteiger charge is -2.32. The maximum absolute atomic E-state index is 12.6. The van der Waals surface area contributed by atoms with Crippen LogP contribution >= 0.6 is 11.6 Å². The van der Waals surface area contributed by atoms with Crippen LogP contribution in [0.1, 0.15) is 35.2 Å². The summed E-state index contributed by atoms with van der Waals surface area (Å²) in [4.78, 5) is 19.3. The van der Waals surface area contributed by atoms with Crippen molar-refractivity contribution in [2.24, 2.45) is 0 Å². The standard InChI is InChI=1S/C22H26ClN3O3/c23-20-12-17(13-24-22(20)29-19-8-11-28-15-19)21(27)25-18-6-9-26(10-7-18)14-16-4-2-1-3-5-16/h1-5,12-13,18-19H,6-11,14-15H2,(H,25,27). The van der Waals surface area contributed by atoms with Crippen LogP contribution in [0.5, 0.6) is 5.88 Å². The van der Waals surface area contributed by atoms with Crippen molar-refractivity contribution in [1.29, 1.82) is 0 Å².